The van der Waals surface area contributed by atoms with E-state index in [0.29, 0.717) is 11.3 Å². The highest BCUT2D eigenvalue weighted by Gasteiger charge is 2.24. The molecule has 3 rings (SSSR count). The maximum Gasteiger partial charge on any atom is 0.332 e. The molecule has 3 heterocycles. The van der Waals surface area contributed by atoms with Crippen molar-refractivity contribution >= 4 is 22.9 Å². The highest BCUT2D eigenvalue weighted by molar-refractivity contribution is 5.78. The van der Waals surface area contributed by atoms with Gasteiger partial charge in [-0.1, -0.05) is 0 Å². The van der Waals surface area contributed by atoms with Crippen LogP contribution in [0.1, 0.15) is 18.7 Å². The quantitative estimate of drug-likeness (QED) is 0.606. The van der Waals surface area contributed by atoms with Crippen molar-refractivity contribution in [3.8, 4) is 0 Å². The number of aryl methyl sites for hydroxylation is 2. The fraction of sp³-hybridized carbons (Fsp3) is 0.429. The first-order valence-electron chi connectivity index (χ1n) is 7.03. The van der Waals surface area contributed by atoms with Crippen LogP contribution in [0, 0.1) is 6.92 Å². The number of carbonyl (C=O) groups is 1. The van der Waals surface area contributed by atoms with Crippen molar-refractivity contribution in [3.63, 3.8) is 0 Å². The van der Waals surface area contributed by atoms with Crippen LogP contribution in [0.4, 0.5) is 0 Å². The van der Waals surface area contributed by atoms with E-state index in [4.69, 9.17) is 4.74 Å². The van der Waals surface area contributed by atoms with E-state index in [2.05, 4.69) is 4.98 Å². The number of rotatable bonds is 2. The van der Waals surface area contributed by atoms with Crippen molar-refractivity contribution < 1.29 is 9.53 Å². The van der Waals surface area contributed by atoms with Crippen LogP contribution >= 0.6 is 0 Å². The second-order valence-corrected chi connectivity index (χ2v) is 5.50. The Bertz CT molecular complexity index is 1070. The molecule has 0 fully saturated rings. The number of carbonyl (C=O) groups excluding carboxylic acids is 1. The summed E-state index contributed by atoms with van der Waals surface area (Å²) in [4.78, 5) is 40.7. The number of aromatic nitrogens is 5. The molecule has 3 aromatic rings. The van der Waals surface area contributed by atoms with Gasteiger partial charge in [0.2, 0.25) is 5.78 Å². The number of nitrogens with zero attached hydrogens (tertiary/aromatic N) is 5. The van der Waals surface area contributed by atoms with E-state index in [1.54, 1.807) is 29.1 Å². The molecule has 0 unspecified atom stereocenters. The van der Waals surface area contributed by atoms with Gasteiger partial charge in [0.15, 0.2) is 11.2 Å². The molecule has 0 aliphatic carbocycles. The Hall–Kier alpha value is -2.84. The zero-order valence-corrected chi connectivity index (χ0v) is 13.5. The van der Waals surface area contributed by atoms with Crippen molar-refractivity contribution in [1.29, 1.82) is 0 Å². The summed E-state index contributed by atoms with van der Waals surface area (Å²) in [6.07, 6.45) is 1.72. The van der Waals surface area contributed by atoms with Gasteiger partial charge in [0.1, 0.15) is 6.04 Å². The summed E-state index contributed by atoms with van der Waals surface area (Å²) in [6, 6.07) is -0.602. The van der Waals surface area contributed by atoms with Crippen LogP contribution in [0.25, 0.3) is 16.9 Å². The van der Waals surface area contributed by atoms with Gasteiger partial charge in [0, 0.05) is 26.0 Å². The van der Waals surface area contributed by atoms with Crippen LogP contribution in [0.15, 0.2) is 15.8 Å². The molecule has 3 aromatic heterocycles. The van der Waals surface area contributed by atoms with E-state index >= 15 is 0 Å². The third kappa shape index (κ3) is 1.85. The van der Waals surface area contributed by atoms with E-state index in [9.17, 15) is 14.4 Å². The normalized spacial score (nSPS) is 12.9. The first kappa shape index (κ1) is 15.1. The zero-order chi connectivity index (χ0) is 17.0. The van der Waals surface area contributed by atoms with Gasteiger partial charge in [-0.3, -0.25) is 18.3 Å². The molecule has 1 atom stereocenters. The van der Waals surface area contributed by atoms with Gasteiger partial charge in [-0.25, -0.2) is 9.59 Å². The van der Waals surface area contributed by atoms with Gasteiger partial charge in [0.05, 0.1) is 7.11 Å². The predicted octanol–water partition coefficient (Wildman–Crippen LogP) is -0.271. The standard InChI is InChI=1S/C14H17N5O4/c1-7-6-18-9-10(16(3)14(22)17(4)11(9)20)15-13(18)19(7)8(2)12(21)23-5/h6,8H,1-5H3/t8-/m0/s1. The van der Waals surface area contributed by atoms with Crippen molar-refractivity contribution in [3.05, 3.63) is 32.7 Å². The topological polar surface area (TPSA) is 92.5 Å². The van der Waals surface area contributed by atoms with E-state index in [1.807, 2.05) is 6.92 Å². The van der Waals surface area contributed by atoms with E-state index in [-0.39, 0.29) is 5.65 Å². The number of esters is 1. The SMILES string of the molecule is COC(=O)[C@H](C)n1c(C)cn2c3c(=O)n(C)c(=O)n(C)c3nc12. The first-order chi connectivity index (χ1) is 10.8. The van der Waals surface area contributed by atoms with Gasteiger partial charge in [-0.2, -0.15) is 4.98 Å². The molecule has 0 aromatic carbocycles. The smallest absolute Gasteiger partial charge is 0.332 e. The minimum Gasteiger partial charge on any atom is -0.467 e. The van der Waals surface area contributed by atoms with E-state index < -0.39 is 23.3 Å². The maximum atomic E-state index is 12.4. The molecule has 0 amide bonds. The van der Waals surface area contributed by atoms with Crippen molar-refractivity contribution in [2.45, 2.75) is 19.9 Å². The fourth-order valence-corrected chi connectivity index (χ4v) is 2.86. The van der Waals surface area contributed by atoms with Crippen LogP contribution in [0.2, 0.25) is 0 Å². The number of imidazole rings is 2. The lowest BCUT2D eigenvalue weighted by atomic mass is 10.3. The van der Waals surface area contributed by atoms with Crippen molar-refractivity contribution in [2.24, 2.45) is 14.1 Å². The molecule has 122 valence electrons. The molecule has 9 heteroatoms. The van der Waals surface area contributed by atoms with Crippen molar-refractivity contribution in [1.82, 2.24) is 23.1 Å². The Morgan fingerprint density at radius 1 is 1.26 bits per heavy atom. The highest BCUT2D eigenvalue weighted by atomic mass is 16.5. The summed E-state index contributed by atoms with van der Waals surface area (Å²) in [7, 11) is 4.29. The molecule has 0 radical (unpaired) electrons. The second-order valence-electron chi connectivity index (χ2n) is 5.50. The van der Waals surface area contributed by atoms with Gasteiger partial charge < -0.3 is 9.30 Å². The maximum absolute atomic E-state index is 12.4. The average Bonchev–Trinajstić information content (AvgIpc) is 3.03. The average molecular weight is 319 g/mol. The third-order valence-corrected chi connectivity index (χ3v) is 4.11. The Morgan fingerprint density at radius 2 is 1.91 bits per heavy atom. The summed E-state index contributed by atoms with van der Waals surface area (Å²) < 4.78 is 10.4. The lowest BCUT2D eigenvalue weighted by Gasteiger charge is -2.12. The molecule has 0 bridgehead atoms. The molecular formula is C14H17N5O4. The molecule has 0 N–H and O–H groups in total. The van der Waals surface area contributed by atoms with Gasteiger partial charge in [0.25, 0.3) is 5.56 Å². The van der Waals surface area contributed by atoms with Crippen LogP contribution in [0.5, 0.6) is 0 Å². The highest BCUT2D eigenvalue weighted by Crippen LogP contribution is 2.21. The molecule has 9 nitrogen and oxygen atoms in total. The first-order valence-corrected chi connectivity index (χ1v) is 7.03. The Morgan fingerprint density at radius 3 is 2.52 bits per heavy atom. The fourth-order valence-electron chi connectivity index (χ4n) is 2.86. The molecule has 0 aliphatic rings. The zero-order valence-electron chi connectivity index (χ0n) is 13.5. The van der Waals surface area contributed by atoms with Gasteiger partial charge in [-0.05, 0) is 13.8 Å². The summed E-state index contributed by atoms with van der Waals surface area (Å²) >= 11 is 0. The lowest BCUT2D eigenvalue weighted by molar-refractivity contribution is -0.143. The number of methoxy groups -OCH3 is 1. The molecular weight excluding hydrogens is 302 g/mol. The van der Waals surface area contributed by atoms with Crippen molar-refractivity contribution in [2.75, 3.05) is 7.11 Å². The Labute approximate surface area is 130 Å². The second kappa shape index (κ2) is 4.83. The van der Waals surface area contributed by atoms with Crippen LogP contribution in [-0.2, 0) is 23.6 Å². The number of fused-ring (bicyclic) bond motifs is 3. The largest absolute Gasteiger partial charge is 0.467 e. The van der Waals surface area contributed by atoms with Gasteiger partial charge in [-0.15, -0.1) is 0 Å². The molecule has 0 aliphatic heterocycles. The molecule has 0 saturated carbocycles. The molecule has 0 saturated heterocycles. The summed E-state index contributed by atoms with van der Waals surface area (Å²) in [5, 5.41) is 0. The Kier molecular flexibility index (Phi) is 3.17. The van der Waals surface area contributed by atoms with Gasteiger partial charge >= 0.3 is 11.7 Å². The van der Waals surface area contributed by atoms with E-state index in [0.717, 1.165) is 10.3 Å². The Balaban J connectivity index is 2.48. The van der Waals surface area contributed by atoms with Crippen LogP contribution in [-0.4, -0.2) is 36.2 Å². The summed E-state index contributed by atoms with van der Waals surface area (Å²) in [6.45, 7) is 3.50. The number of hydrogen-bond acceptors (Lipinski definition) is 5. The minimum absolute atomic E-state index is 0.277. The minimum atomic E-state index is -0.602. The predicted molar refractivity (Wildman–Crippen MR) is 82.6 cm³/mol. The molecule has 0 spiro atoms. The number of hydrogen-bond donors (Lipinski definition) is 0. The summed E-state index contributed by atoms with van der Waals surface area (Å²) in [5.74, 6) is -0.00579. The lowest BCUT2D eigenvalue weighted by Crippen LogP contribution is -2.37. The van der Waals surface area contributed by atoms with Crippen LogP contribution in [0.3, 0.4) is 0 Å². The monoisotopic (exact) mass is 319 g/mol. The van der Waals surface area contributed by atoms with E-state index in [1.165, 1.54) is 18.7 Å². The molecule has 23 heavy (non-hydrogen) atoms. The number of ether oxygens (including phenoxy) is 1. The third-order valence-electron chi connectivity index (χ3n) is 4.11. The summed E-state index contributed by atoms with van der Waals surface area (Å²) in [5.41, 5.74) is 0.441. The van der Waals surface area contributed by atoms with Crippen LogP contribution < -0.4 is 11.2 Å².